The molecule has 0 heterocycles. The number of halogens is 1. The second-order valence-electron chi connectivity index (χ2n) is 3.16. The molecule has 0 aromatic heterocycles. The molecule has 7 heteroatoms. The smallest absolute Gasteiger partial charge is 0.284 e. The highest BCUT2D eigenvalue weighted by molar-refractivity contribution is 9.10. The molecular formula is C11H10BrNO3S2. The third kappa shape index (κ3) is 3.86. The molecule has 0 aliphatic heterocycles. The minimum atomic E-state index is -0.519. The minimum absolute atomic E-state index is 0.107. The second kappa shape index (κ2) is 6.96. The molecule has 0 radical (unpaired) electrons. The number of hydrogen-bond acceptors (Lipinski definition) is 5. The summed E-state index contributed by atoms with van der Waals surface area (Å²) in [6.45, 7) is 0. The molecule has 96 valence electrons. The Labute approximate surface area is 121 Å². The van der Waals surface area contributed by atoms with Crippen molar-refractivity contribution in [3.05, 3.63) is 48.7 Å². The third-order valence-corrected chi connectivity index (χ3v) is 4.79. The van der Waals surface area contributed by atoms with Gasteiger partial charge in [-0.25, -0.2) is 0 Å². The van der Waals surface area contributed by atoms with Crippen molar-refractivity contribution in [2.24, 2.45) is 0 Å². The maximum Gasteiger partial charge on any atom is 0.284 e. The lowest BCUT2D eigenvalue weighted by molar-refractivity contribution is -0.385. The molecule has 1 rings (SSSR count). The molecule has 0 aliphatic carbocycles. The van der Waals surface area contributed by atoms with Crippen molar-refractivity contribution < 1.29 is 9.72 Å². The highest BCUT2D eigenvalue weighted by atomic mass is 79.9. The van der Waals surface area contributed by atoms with Crippen LogP contribution in [0.1, 0.15) is 10.4 Å². The number of allylic oxidation sites excluding steroid dienone is 1. The van der Waals surface area contributed by atoms with Crippen molar-refractivity contribution in [1.82, 2.24) is 0 Å². The molecule has 1 aromatic carbocycles. The normalized spacial score (nSPS) is 9.94. The van der Waals surface area contributed by atoms with Gasteiger partial charge in [0.15, 0.2) is 5.78 Å². The summed E-state index contributed by atoms with van der Waals surface area (Å²) >= 11 is 6.02. The quantitative estimate of drug-likeness (QED) is 0.347. The van der Waals surface area contributed by atoms with Crippen LogP contribution in [0.4, 0.5) is 5.69 Å². The maximum absolute atomic E-state index is 11.9. The molecule has 0 unspecified atom stereocenters. The van der Waals surface area contributed by atoms with E-state index in [4.69, 9.17) is 0 Å². The fourth-order valence-electron chi connectivity index (χ4n) is 1.20. The molecule has 4 nitrogen and oxygen atoms in total. The molecule has 0 spiro atoms. The van der Waals surface area contributed by atoms with Crippen LogP contribution >= 0.6 is 39.5 Å². The number of thioether (sulfide) groups is 2. The first-order valence-electron chi connectivity index (χ1n) is 4.77. The molecule has 0 N–H and O–H groups in total. The Morgan fingerprint density at radius 2 is 2.00 bits per heavy atom. The van der Waals surface area contributed by atoms with Gasteiger partial charge in [-0.1, -0.05) is 0 Å². The van der Waals surface area contributed by atoms with Crippen molar-refractivity contribution in [3.8, 4) is 0 Å². The zero-order valence-electron chi connectivity index (χ0n) is 9.68. The van der Waals surface area contributed by atoms with Gasteiger partial charge in [-0.15, -0.1) is 23.5 Å². The first-order valence-corrected chi connectivity index (χ1v) is 8.01. The lowest BCUT2D eigenvalue weighted by atomic mass is 10.1. The van der Waals surface area contributed by atoms with Crippen molar-refractivity contribution in [2.75, 3.05) is 12.5 Å². The SMILES string of the molecule is CSC(=CC(=O)c1ccc(Br)c([N+](=O)[O-])c1)SC. The number of rotatable bonds is 5. The number of nitrogens with zero attached hydrogens (tertiary/aromatic N) is 1. The lowest BCUT2D eigenvalue weighted by Crippen LogP contribution is -1.98. The van der Waals surface area contributed by atoms with Gasteiger partial charge >= 0.3 is 0 Å². The van der Waals surface area contributed by atoms with Crippen molar-refractivity contribution in [2.45, 2.75) is 0 Å². The average molecular weight is 348 g/mol. The molecule has 18 heavy (non-hydrogen) atoms. The summed E-state index contributed by atoms with van der Waals surface area (Å²) in [4.78, 5) is 22.2. The fraction of sp³-hybridized carbons (Fsp3) is 0.182. The summed E-state index contributed by atoms with van der Waals surface area (Å²) < 4.78 is 1.23. The van der Waals surface area contributed by atoms with Crippen LogP contribution in [0.15, 0.2) is 33.0 Å². The van der Waals surface area contributed by atoms with Crippen LogP contribution in [0.3, 0.4) is 0 Å². The fourth-order valence-corrected chi connectivity index (χ4v) is 2.71. The second-order valence-corrected chi connectivity index (χ2v) is 5.97. The van der Waals surface area contributed by atoms with Crippen LogP contribution in [0.25, 0.3) is 0 Å². The summed E-state index contributed by atoms with van der Waals surface area (Å²) in [6.07, 6.45) is 5.24. The highest BCUT2D eigenvalue weighted by Crippen LogP contribution is 2.27. The predicted molar refractivity (Wildman–Crippen MR) is 80.2 cm³/mol. The zero-order valence-corrected chi connectivity index (χ0v) is 12.9. The van der Waals surface area contributed by atoms with Gasteiger partial charge < -0.3 is 0 Å². The monoisotopic (exact) mass is 347 g/mol. The summed E-state index contributed by atoms with van der Waals surface area (Å²) in [5.41, 5.74) is 0.203. The van der Waals surface area contributed by atoms with Gasteiger partial charge in [-0.3, -0.25) is 14.9 Å². The predicted octanol–water partition coefficient (Wildman–Crippen LogP) is 4.11. The number of nitro benzene ring substituents is 1. The Kier molecular flexibility index (Phi) is 5.90. The van der Waals surface area contributed by atoms with Gasteiger partial charge in [0.1, 0.15) is 0 Å². The van der Waals surface area contributed by atoms with E-state index >= 15 is 0 Å². The molecule has 0 atom stereocenters. The van der Waals surface area contributed by atoms with Gasteiger partial charge in [0.05, 0.1) is 9.40 Å². The molecular weight excluding hydrogens is 338 g/mol. The van der Waals surface area contributed by atoms with Gasteiger partial charge in [0, 0.05) is 21.9 Å². The molecule has 0 saturated heterocycles. The zero-order chi connectivity index (χ0) is 13.7. The largest absolute Gasteiger partial charge is 0.289 e. The number of hydrogen-bond donors (Lipinski definition) is 0. The average Bonchev–Trinajstić information content (AvgIpc) is 2.35. The van der Waals surface area contributed by atoms with E-state index in [1.807, 2.05) is 12.5 Å². The molecule has 0 saturated carbocycles. The number of carbonyl (C=O) groups is 1. The van der Waals surface area contributed by atoms with E-state index in [1.54, 1.807) is 6.07 Å². The molecule has 0 bridgehead atoms. The summed E-state index contributed by atoms with van der Waals surface area (Å²) in [7, 11) is 0. The number of benzene rings is 1. The number of nitro groups is 1. The Hall–Kier alpha value is -0.790. The standard InChI is InChI=1S/C11H10BrNO3S2/c1-17-11(18-2)6-10(14)7-3-4-8(12)9(5-7)13(15)16/h3-6H,1-2H3. The van der Waals surface area contributed by atoms with E-state index in [9.17, 15) is 14.9 Å². The van der Waals surface area contributed by atoms with Crippen molar-refractivity contribution >= 4 is 50.9 Å². The van der Waals surface area contributed by atoms with Gasteiger partial charge in [0.25, 0.3) is 5.69 Å². The van der Waals surface area contributed by atoms with E-state index in [0.29, 0.717) is 10.0 Å². The van der Waals surface area contributed by atoms with E-state index in [-0.39, 0.29) is 11.5 Å². The summed E-state index contributed by atoms with van der Waals surface area (Å²) in [5.74, 6) is -0.232. The Bertz CT molecular complexity index is 511. The van der Waals surface area contributed by atoms with E-state index < -0.39 is 4.92 Å². The first kappa shape index (κ1) is 15.3. The Balaban J connectivity index is 3.11. The van der Waals surface area contributed by atoms with Crippen LogP contribution in [-0.2, 0) is 0 Å². The van der Waals surface area contributed by atoms with Gasteiger partial charge in [0.2, 0.25) is 0 Å². The summed E-state index contributed by atoms with van der Waals surface area (Å²) in [6, 6.07) is 4.35. The van der Waals surface area contributed by atoms with Crippen LogP contribution in [-0.4, -0.2) is 23.2 Å². The molecule has 1 aromatic rings. The van der Waals surface area contributed by atoms with Crippen LogP contribution in [0.2, 0.25) is 0 Å². The van der Waals surface area contributed by atoms with Crippen LogP contribution in [0.5, 0.6) is 0 Å². The van der Waals surface area contributed by atoms with Gasteiger partial charge in [-0.2, -0.15) is 0 Å². The molecule has 0 fully saturated rings. The highest BCUT2D eigenvalue weighted by Gasteiger charge is 2.15. The van der Waals surface area contributed by atoms with Crippen LogP contribution in [0, 0.1) is 10.1 Å². The minimum Gasteiger partial charge on any atom is -0.289 e. The Morgan fingerprint density at radius 1 is 1.39 bits per heavy atom. The molecule has 0 aliphatic rings. The number of ketones is 1. The van der Waals surface area contributed by atoms with Crippen LogP contribution < -0.4 is 0 Å². The van der Waals surface area contributed by atoms with Gasteiger partial charge in [-0.05, 0) is 40.6 Å². The molecule has 0 amide bonds. The van der Waals surface area contributed by atoms with E-state index in [1.165, 1.54) is 41.7 Å². The summed E-state index contributed by atoms with van der Waals surface area (Å²) in [5, 5.41) is 10.8. The third-order valence-electron chi connectivity index (χ3n) is 2.08. The topological polar surface area (TPSA) is 60.2 Å². The number of carbonyl (C=O) groups excluding carboxylic acids is 1. The van der Waals surface area contributed by atoms with Crippen molar-refractivity contribution in [3.63, 3.8) is 0 Å². The Morgan fingerprint density at radius 3 is 2.50 bits per heavy atom. The van der Waals surface area contributed by atoms with E-state index in [0.717, 1.165) is 4.24 Å². The lowest BCUT2D eigenvalue weighted by Gasteiger charge is -2.01. The maximum atomic E-state index is 11.9. The van der Waals surface area contributed by atoms with Crippen molar-refractivity contribution in [1.29, 1.82) is 0 Å². The van der Waals surface area contributed by atoms with E-state index in [2.05, 4.69) is 15.9 Å². The first-order chi connectivity index (χ1) is 8.49.